The molecule has 1 rings (SSSR count). The fraction of sp³-hybridized carbons (Fsp3) is 0.947. The van der Waals surface area contributed by atoms with Crippen LogP contribution in [0.3, 0.4) is 0 Å². The number of esters is 2. The largest absolute Gasteiger partial charge is 0.465 e. The van der Waals surface area contributed by atoms with Gasteiger partial charge in [0.05, 0.1) is 19.8 Å². The van der Waals surface area contributed by atoms with Crippen LogP contribution in [0, 0.1) is 11.8 Å². The summed E-state index contributed by atoms with van der Waals surface area (Å²) in [6.45, 7) is 15.3. The van der Waals surface area contributed by atoms with Gasteiger partial charge < -0.3 is 19.9 Å². The molecule has 0 spiro atoms. The number of nitrogens with one attached hydrogen (secondary N) is 1. The maximum absolute atomic E-state index is 12.9. The van der Waals surface area contributed by atoms with E-state index in [9.17, 15) is 19.5 Å². The van der Waals surface area contributed by atoms with E-state index in [1.165, 1.54) is 154 Å². The van der Waals surface area contributed by atoms with Crippen molar-refractivity contribution in [2.75, 3.05) is 59.1 Å². The molecule has 66 heavy (non-hydrogen) atoms. The highest BCUT2D eigenvalue weighted by atomic mass is 16.5. The summed E-state index contributed by atoms with van der Waals surface area (Å²) in [6, 6.07) is 0.605. The van der Waals surface area contributed by atoms with Gasteiger partial charge in [-0.2, -0.15) is 0 Å². The Kier molecular flexibility index (Phi) is 44.4. The molecule has 2 N–H and O–H groups in total. The molecule has 0 aromatic carbocycles. The van der Waals surface area contributed by atoms with Crippen LogP contribution in [0.5, 0.6) is 0 Å². The summed E-state index contributed by atoms with van der Waals surface area (Å²) in [5, 5.41) is 13.3. The minimum atomic E-state index is -0.126. The molecule has 0 heterocycles. The first-order chi connectivity index (χ1) is 32.4. The molecule has 1 unspecified atom stereocenters. The number of hydrogen-bond acceptors (Lipinski definition) is 8. The van der Waals surface area contributed by atoms with Crippen LogP contribution < -0.4 is 5.32 Å². The highest BCUT2D eigenvalue weighted by molar-refractivity contribution is 5.75. The second kappa shape index (κ2) is 47.0. The lowest BCUT2D eigenvalue weighted by atomic mass is 9.94. The number of hydrogen-bond donors (Lipinski definition) is 2. The number of unbranched alkanes of at least 4 members (excludes halogenated alkanes) is 20. The van der Waals surface area contributed by atoms with Crippen LogP contribution in [0.2, 0.25) is 0 Å². The summed E-state index contributed by atoms with van der Waals surface area (Å²) in [4.78, 5) is 43.3. The molecular weight excluding hydrogens is 823 g/mol. The van der Waals surface area contributed by atoms with E-state index in [0.717, 1.165) is 103 Å². The smallest absolute Gasteiger partial charge is 0.305 e. The van der Waals surface area contributed by atoms with Crippen LogP contribution in [0.15, 0.2) is 0 Å². The zero-order chi connectivity index (χ0) is 48.0. The number of amides is 1. The van der Waals surface area contributed by atoms with Gasteiger partial charge in [0.2, 0.25) is 5.91 Å². The molecule has 0 saturated heterocycles. The third kappa shape index (κ3) is 38.2. The summed E-state index contributed by atoms with van der Waals surface area (Å²) < 4.78 is 11.6. The van der Waals surface area contributed by atoms with Gasteiger partial charge in [-0.3, -0.25) is 24.2 Å². The minimum Gasteiger partial charge on any atom is -0.465 e. The molecule has 1 atom stereocenters. The lowest BCUT2D eigenvalue weighted by molar-refractivity contribution is -0.149. The Labute approximate surface area is 409 Å². The average molecular weight is 935 g/mol. The van der Waals surface area contributed by atoms with Gasteiger partial charge in [-0.05, 0) is 83.2 Å². The lowest BCUT2D eigenvalue weighted by Gasteiger charge is -2.33. The monoisotopic (exact) mass is 934 g/mol. The molecule has 0 aliphatic heterocycles. The van der Waals surface area contributed by atoms with Crippen molar-refractivity contribution in [1.82, 2.24) is 15.1 Å². The Bertz CT molecular complexity index is 1050. The Morgan fingerprint density at radius 3 is 1.47 bits per heavy atom. The van der Waals surface area contributed by atoms with E-state index in [-0.39, 0.29) is 30.4 Å². The van der Waals surface area contributed by atoms with E-state index in [1.807, 2.05) is 0 Å². The highest BCUT2D eigenvalue weighted by Crippen LogP contribution is 2.24. The van der Waals surface area contributed by atoms with Crippen molar-refractivity contribution in [3.05, 3.63) is 0 Å². The van der Waals surface area contributed by atoms with Gasteiger partial charge in [0.1, 0.15) is 0 Å². The van der Waals surface area contributed by atoms with E-state index in [1.54, 1.807) is 0 Å². The van der Waals surface area contributed by atoms with Crippen molar-refractivity contribution in [3.63, 3.8) is 0 Å². The molecule has 1 aliphatic rings. The minimum absolute atomic E-state index is 0.0241. The second-order valence-electron chi connectivity index (χ2n) is 20.5. The number of aliphatic hydroxyl groups is 1. The number of nitrogens with zero attached hydrogens (tertiary/aromatic N) is 2. The number of rotatable bonds is 48. The fourth-order valence-electron chi connectivity index (χ4n) is 9.86. The normalized spacial score (nSPS) is 14.0. The standard InChI is InChI=1S/C57H111N3O6/c1-5-9-13-17-20-26-36-52(35-25-16-12-8-4)49-58-55(62)40-29-23-24-33-43-59(47-48-61)45-46-60(54-38-27-21-22-28-39-54)44-34-32-37-53(50-65-56(63)41-30-18-14-10-6-2)51-66-57(64)42-31-19-15-11-7-3/h52-54,61H,5-51H2,1-4H3,(H,58,62). The SMILES string of the molecule is CCCCCCCCC(CCCCCC)CNC(=O)CCCCCCN(CCO)CCN(CCCCC(COC(=O)CCCCCCC)COC(=O)CCCCCCC)C1CCCCCC1. The summed E-state index contributed by atoms with van der Waals surface area (Å²) in [7, 11) is 0. The number of carbonyl (C=O) groups excluding carboxylic acids is 3. The average Bonchev–Trinajstić information content (AvgIpc) is 3.61. The molecule has 1 saturated carbocycles. The highest BCUT2D eigenvalue weighted by Gasteiger charge is 2.22. The van der Waals surface area contributed by atoms with Crippen LogP contribution >= 0.6 is 0 Å². The molecule has 0 aromatic heterocycles. The molecule has 9 heteroatoms. The van der Waals surface area contributed by atoms with E-state index < -0.39 is 0 Å². The zero-order valence-corrected chi connectivity index (χ0v) is 44.3. The Hall–Kier alpha value is -1.71. The Morgan fingerprint density at radius 2 is 0.924 bits per heavy atom. The van der Waals surface area contributed by atoms with E-state index >= 15 is 0 Å². The quantitative estimate of drug-likeness (QED) is 0.0353. The molecule has 0 bridgehead atoms. The first-order valence-electron chi connectivity index (χ1n) is 29.0. The Morgan fingerprint density at radius 1 is 0.485 bits per heavy atom. The van der Waals surface area contributed by atoms with Crippen LogP contribution in [0.25, 0.3) is 0 Å². The van der Waals surface area contributed by atoms with Crippen molar-refractivity contribution >= 4 is 17.8 Å². The van der Waals surface area contributed by atoms with E-state index in [0.29, 0.717) is 51.0 Å². The van der Waals surface area contributed by atoms with Crippen LogP contribution in [0.4, 0.5) is 0 Å². The van der Waals surface area contributed by atoms with Crippen molar-refractivity contribution in [1.29, 1.82) is 0 Å². The van der Waals surface area contributed by atoms with Gasteiger partial charge in [-0.25, -0.2) is 0 Å². The van der Waals surface area contributed by atoms with E-state index in [4.69, 9.17) is 9.47 Å². The van der Waals surface area contributed by atoms with Crippen LogP contribution in [-0.2, 0) is 23.9 Å². The molecule has 9 nitrogen and oxygen atoms in total. The summed E-state index contributed by atoms with van der Waals surface area (Å²) in [5.74, 6) is 0.621. The summed E-state index contributed by atoms with van der Waals surface area (Å²) >= 11 is 0. The summed E-state index contributed by atoms with van der Waals surface area (Å²) in [6.07, 6.45) is 43.2. The fourth-order valence-corrected chi connectivity index (χ4v) is 9.86. The maximum Gasteiger partial charge on any atom is 0.305 e. The molecule has 1 amide bonds. The van der Waals surface area contributed by atoms with Gasteiger partial charge in [0.15, 0.2) is 0 Å². The topological polar surface area (TPSA) is 108 Å². The van der Waals surface area contributed by atoms with Gasteiger partial charge >= 0.3 is 11.9 Å². The Balaban J connectivity index is 2.61. The number of ether oxygens (including phenoxy) is 2. The molecule has 0 radical (unpaired) electrons. The zero-order valence-electron chi connectivity index (χ0n) is 44.3. The lowest BCUT2D eigenvalue weighted by Crippen LogP contribution is -2.42. The molecule has 1 fully saturated rings. The van der Waals surface area contributed by atoms with Gasteiger partial charge in [0, 0.05) is 57.4 Å². The molecule has 390 valence electrons. The number of aliphatic hydroxyl groups excluding tert-OH is 1. The molecule has 0 aromatic rings. The summed E-state index contributed by atoms with van der Waals surface area (Å²) in [5.41, 5.74) is 0. The number of carbonyl (C=O) groups is 3. The predicted octanol–water partition coefficient (Wildman–Crippen LogP) is 14.3. The second-order valence-corrected chi connectivity index (χ2v) is 20.5. The van der Waals surface area contributed by atoms with Gasteiger partial charge in [-0.1, -0.05) is 188 Å². The third-order valence-corrected chi connectivity index (χ3v) is 14.3. The first kappa shape index (κ1) is 62.3. The maximum atomic E-state index is 12.9. The van der Waals surface area contributed by atoms with Crippen LogP contribution in [0.1, 0.15) is 272 Å². The van der Waals surface area contributed by atoms with Crippen molar-refractivity contribution in [2.24, 2.45) is 11.8 Å². The van der Waals surface area contributed by atoms with Crippen molar-refractivity contribution in [2.45, 2.75) is 278 Å². The van der Waals surface area contributed by atoms with Crippen molar-refractivity contribution < 1.29 is 29.0 Å². The van der Waals surface area contributed by atoms with Crippen molar-refractivity contribution in [3.8, 4) is 0 Å². The molecule has 1 aliphatic carbocycles. The molecular formula is C57H111N3O6. The van der Waals surface area contributed by atoms with Gasteiger partial charge in [0.25, 0.3) is 0 Å². The predicted molar refractivity (Wildman–Crippen MR) is 279 cm³/mol. The first-order valence-corrected chi connectivity index (χ1v) is 29.0. The third-order valence-electron chi connectivity index (χ3n) is 14.3. The van der Waals surface area contributed by atoms with Gasteiger partial charge in [-0.15, -0.1) is 0 Å². The van der Waals surface area contributed by atoms with Crippen LogP contribution in [-0.4, -0.2) is 97.9 Å². The van der Waals surface area contributed by atoms with E-state index in [2.05, 4.69) is 42.8 Å².